The van der Waals surface area contributed by atoms with Crippen molar-refractivity contribution in [3.05, 3.63) is 18.1 Å². The van der Waals surface area contributed by atoms with Gasteiger partial charge in [0.15, 0.2) is 14.9 Å². The molecule has 1 aromatic heterocycles. The Hall–Kier alpha value is -0.760. The van der Waals surface area contributed by atoms with E-state index < -0.39 is 9.84 Å². The number of nitrogens with zero attached hydrogens (tertiary/aromatic N) is 2. The number of nitrogens with one attached hydrogen (secondary N) is 1. The first-order valence-electron chi connectivity index (χ1n) is 8.86. The fourth-order valence-corrected chi connectivity index (χ4v) is 4.06. The molecule has 0 amide bonds. The van der Waals surface area contributed by atoms with Gasteiger partial charge in [0.1, 0.15) is 0 Å². The summed E-state index contributed by atoms with van der Waals surface area (Å²) in [6.07, 6.45) is 11.1. The zero-order valence-electron chi connectivity index (χ0n) is 14.7. The molecule has 0 atom stereocenters. The van der Waals surface area contributed by atoms with Crippen molar-refractivity contribution in [2.45, 2.75) is 55.6 Å². The third-order valence-electron chi connectivity index (χ3n) is 5.15. The van der Waals surface area contributed by atoms with Crippen LogP contribution in [0.1, 0.15) is 50.1 Å². The Balaban J connectivity index is 0.00000225. The highest BCUT2D eigenvalue weighted by Crippen LogP contribution is 2.33. The molecule has 0 aromatic carbocycles. The highest BCUT2D eigenvalue weighted by Gasteiger charge is 2.25. The van der Waals surface area contributed by atoms with Gasteiger partial charge in [-0.15, -0.1) is 12.4 Å². The summed E-state index contributed by atoms with van der Waals surface area (Å²) in [5, 5.41) is 3.43. The van der Waals surface area contributed by atoms with Crippen molar-refractivity contribution in [2.24, 2.45) is 5.92 Å². The minimum atomic E-state index is -3.28. The van der Waals surface area contributed by atoms with E-state index in [1.807, 2.05) is 0 Å². The molecular formula is C17H28ClN3O3S. The molecule has 1 saturated heterocycles. The van der Waals surface area contributed by atoms with Crippen molar-refractivity contribution in [1.29, 1.82) is 0 Å². The van der Waals surface area contributed by atoms with E-state index in [1.54, 1.807) is 6.20 Å². The molecule has 1 aliphatic carbocycles. The molecule has 25 heavy (non-hydrogen) atoms. The number of aromatic nitrogens is 2. The van der Waals surface area contributed by atoms with Crippen LogP contribution in [0.4, 0.5) is 0 Å². The predicted molar refractivity (Wildman–Crippen MR) is 98.9 cm³/mol. The normalized spacial score (nSPS) is 25.3. The molecule has 2 fully saturated rings. The van der Waals surface area contributed by atoms with Crippen molar-refractivity contribution < 1.29 is 13.2 Å². The van der Waals surface area contributed by atoms with Crippen LogP contribution < -0.4 is 5.32 Å². The Morgan fingerprint density at radius 1 is 1.08 bits per heavy atom. The molecule has 1 N–H and O–H groups in total. The van der Waals surface area contributed by atoms with Gasteiger partial charge in [0.05, 0.1) is 24.2 Å². The predicted octanol–water partition coefficient (Wildman–Crippen LogP) is 2.34. The van der Waals surface area contributed by atoms with Crippen molar-refractivity contribution in [3.63, 3.8) is 0 Å². The minimum Gasteiger partial charge on any atom is -0.378 e. The summed E-state index contributed by atoms with van der Waals surface area (Å²) in [6, 6.07) is 0. The van der Waals surface area contributed by atoms with Crippen molar-refractivity contribution in [1.82, 2.24) is 15.3 Å². The second-order valence-electron chi connectivity index (χ2n) is 7.05. The smallest absolute Gasteiger partial charge is 0.194 e. The van der Waals surface area contributed by atoms with Crippen LogP contribution in [0.5, 0.6) is 0 Å². The van der Waals surface area contributed by atoms with E-state index in [1.165, 1.54) is 19.0 Å². The van der Waals surface area contributed by atoms with Crippen LogP contribution in [0.25, 0.3) is 0 Å². The van der Waals surface area contributed by atoms with Gasteiger partial charge >= 0.3 is 0 Å². The molecule has 6 nitrogen and oxygen atoms in total. The standard InChI is InChI=1S/C17H27N3O3S.ClH/c1-24(21,22)17-11-19-16(10-20-17)14-2-4-15(5-3-14)23-12-13-6-8-18-9-7-13;/h10-11,13-15,18H,2-9,12H2,1H3;1H. The summed E-state index contributed by atoms with van der Waals surface area (Å²) >= 11 is 0. The van der Waals surface area contributed by atoms with Gasteiger partial charge in [0.2, 0.25) is 0 Å². The van der Waals surface area contributed by atoms with E-state index in [-0.39, 0.29) is 17.4 Å². The van der Waals surface area contributed by atoms with Crippen LogP contribution in [-0.4, -0.2) is 50.4 Å². The maximum Gasteiger partial charge on any atom is 0.194 e. The number of halogens is 1. The molecule has 2 aliphatic rings. The number of rotatable bonds is 5. The zero-order valence-corrected chi connectivity index (χ0v) is 16.3. The second kappa shape index (κ2) is 9.26. The van der Waals surface area contributed by atoms with E-state index in [0.717, 1.165) is 57.3 Å². The van der Waals surface area contributed by atoms with Gasteiger partial charge in [-0.2, -0.15) is 0 Å². The Kier molecular flexibility index (Phi) is 7.61. The van der Waals surface area contributed by atoms with Gasteiger partial charge in [-0.05, 0) is 57.5 Å². The third-order valence-corrected chi connectivity index (χ3v) is 6.12. The van der Waals surface area contributed by atoms with E-state index in [2.05, 4.69) is 15.3 Å². The van der Waals surface area contributed by atoms with Gasteiger partial charge in [-0.25, -0.2) is 13.4 Å². The fourth-order valence-electron chi connectivity index (χ4n) is 3.57. The fraction of sp³-hybridized carbons (Fsp3) is 0.765. The average Bonchev–Trinajstić information content (AvgIpc) is 2.61. The lowest BCUT2D eigenvalue weighted by Crippen LogP contribution is -2.31. The Labute approximate surface area is 156 Å². The van der Waals surface area contributed by atoms with E-state index in [0.29, 0.717) is 17.9 Å². The lowest BCUT2D eigenvalue weighted by atomic mass is 9.85. The molecule has 1 aliphatic heterocycles. The lowest BCUT2D eigenvalue weighted by Gasteiger charge is -2.30. The molecule has 0 unspecified atom stereocenters. The first-order chi connectivity index (χ1) is 11.5. The molecule has 1 saturated carbocycles. The SMILES string of the molecule is CS(=O)(=O)c1cnc(C2CCC(OCC3CCNCC3)CC2)cn1.Cl. The van der Waals surface area contributed by atoms with Gasteiger partial charge in [-0.1, -0.05) is 0 Å². The molecule has 2 heterocycles. The summed E-state index contributed by atoms with van der Waals surface area (Å²) in [4.78, 5) is 8.38. The molecule has 142 valence electrons. The maximum absolute atomic E-state index is 11.4. The Bertz CT molecular complexity index is 625. The van der Waals surface area contributed by atoms with Crippen molar-refractivity contribution in [3.8, 4) is 0 Å². The molecule has 3 rings (SSSR count). The zero-order chi connectivity index (χ0) is 17.0. The Morgan fingerprint density at radius 3 is 2.32 bits per heavy atom. The van der Waals surface area contributed by atoms with Crippen LogP contribution >= 0.6 is 12.4 Å². The van der Waals surface area contributed by atoms with Crippen LogP contribution in [0.3, 0.4) is 0 Å². The minimum absolute atomic E-state index is 0. The molecule has 8 heteroatoms. The van der Waals surface area contributed by atoms with Gasteiger partial charge in [-0.3, -0.25) is 4.98 Å². The first-order valence-corrected chi connectivity index (χ1v) is 10.8. The summed E-state index contributed by atoms with van der Waals surface area (Å²) in [5.41, 5.74) is 0.902. The maximum atomic E-state index is 11.4. The topological polar surface area (TPSA) is 81.2 Å². The Morgan fingerprint density at radius 2 is 1.76 bits per heavy atom. The summed E-state index contributed by atoms with van der Waals surface area (Å²) < 4.78 is 29.0. The summed E-state index contributed by atoms with van der Waals surface area (Å²) in [6.45, 7) is 3.12. The van der Waals surface area contributed by atoms with E-state index >= 15 is 0 Å². The van der Waals surface area contributed by atoms with E-state index in [4.69, 9.17) is 4.74 Å². The van der Waals surface area contributed by atoms with Crippen molar-refractivity contribution >= 4 is 22.2 Å². The average molecular weight is 390 g/mol. The summed E-state index contributed by atoms with van der Waals surface area (Å²) in [7, 11) is -3.28. The van der Waals surface area contributed by atoms with Crippen LogP contribution in [0.2, 0.25) is 0 Å². The highest BCUT2D eigenvalue weighted by atomic mass is 35.5. The lowest BCUT2D eigenvalue weighted by molar-refractivity contribution is -0.000672. The number of sulfone groups is 1. The summed E-state index contributed by atoms with van der Waals surface area (Å²) in [5.74, 6) is 1.07. The molecule has 0 radical (unpaired) electrons. The monoisotopic (exact) mass is 389 g/mol. The van der Waals surface area contributed by atoms with Crippen LogP contribution in [-0.2, 0) is 14.6 Å². The quantitative estimate of drug-likeness (QED) is 0.832. The number of hydrogen-bond donors (Lipinski definition) is 1. The van der Waals surface area contributed by atoms with Crippen LogP contribution in [0, 0.1) is 5.92 Å². The number of ether oxygens (including phenoxy) is 1. The first kappa shape index (κ1) is 20.6. The second-order valence-corrected chi connectivity index (χ2v) is 9.01. The molecule has 0 spiro atoms. The molecular weight excluding hydrogens is 362 g/mol. The van der Waals surface area contributed by atoms with Gasteiger partial charge in [0, 0.05) is 18.8 Å². The molecule has 1 aromatic rings. The molecule has 0 bridgehead atoms. The van der Waals surface area contributed by atoms with Crippen molar-refractivity contribution in [2.75, 3.05) is 26.0 Å². The van der Waals surface area contributed by atoms with Crippen LogP contribution in [0.15, 0.2) is 17.4 Å². The van der Waals surface area contributed by atoms with E-state index in [9.17, 15) is 8.42 Å². The number of hydrogen-bond acceptors (Lipinski definition) is 6. The number of piperidine rings is 1. The largest absolute Gasteiger partial charge is 0.378 e. The highest BCUT2D eigenvalue weighted by molar-refractivity contribution is 7.90. The third kappa shape index (κ3) is 5.88. The van der Waals surface area contributed by atoms with Gasteiger partial charge < -0.3 is 10.1 Å². The van der Waals surface area contributed by atoms with Gasteiger partial charge in [0.25, 0.3) is 0 Å².